The van der Waals surface area contributed by atoms with Crippen molar-refractivity contribution in [2.24, 2.45) is 17.6 Å². The van der Waals surface area contributed by atoms with Gasteiger partial charge in [0, 0.05) is 11.5 Å². The second-order valence-electron chi connectivity index (χ2n) is 9.67. The van der Waals surface area contributed by atoms with Crippen molar-refractivity contribution in [3.05, 3.63) is 34.1 Å². The van der Waals surface area contributed by atoms with Gasteiger partial charge in [-0.05, 0) is 31.6 Å². The number of ketones is 2. The van der Waals surface area contributed by atoms with Gasteiger partial charge in [-0.2, -0.15) is 5.26 Å². The topological polar surface area (TPSA) is 113 Å². The van der Waals surface area contributed by atoms with Crippen LogP contribution in [-0.4, -0.2) is 16.7 Å². The van der Waals surface area contributed by atoms with Crippen LogP contribution >= 0.6 is 0 Å². The molecule has 3 rings (SSSR count). The Bertz CT molecular complexity index is 884. The normalized spacial score (nSPS) is 21.9. The van der Waals surface area contributed by atoms with Gasteiger partial charge in [0.1, 0.15) is 6.07 Å². The van der Waals surface area contributed by atoms with Crippen LogP contribution in [0.15, 0.2) is 34.1 Å². The molecule has 6 heteroatoms. The number of rotatable bonds is 11. The van der Waals surface area contributed by atoms with Gasteiger partial charge in [-0.15, -0.1) is 0 Å². The molecule has 0 radical (unpaired) electrons. The number of nitriles is 1. The van der Waals surface area contributed by atoms with Crippen molar-refractivity contribution < 1.29 is 19.4 Å². The van der Waals surface area contributed by atoms with Crippen LogP contribution in [0.4, 0.5) is 0 Å². The van der Waals surface area contributed by atoms with Crippen molar-refractivity contribution in [1.82, 2.24) is 0 Å². The van der Waals surface area contributed by atoms with E-state index >= 15 is 0 Å². The van der Waals surface area contributed by atoms with Crippen LogP contribution in [0.3, 0.4) is 0 Å². The van der Waals surface area contributed by atoms with Crippen LogP contribution in [0.5, 0.6) is 0 Å². The number of unbranched alkanes of at least 4 members (excludes halogenated alkanes) is 8. The zero-order chi connectivity index (χ0) is 23.8. The number of hydrogen-bond acceptors (Lipinski definition) is 6. The first-order valence-electron chi connectivity index (χ1n) is 12.8. The van der Waals surface area contributed by atoms with E-state index in [0.717, 1.165) is 51.4 Å². The predicted molar refractivity (Wildman–Crippen MR) is 127 cm³/mol. The molecule has 1 fully saturated rings. The van der Waals surface area contributed by atoms with Gasteiger partial charge in [0.2, 0.25) is 17.4 Å². The summed E-state index contributed by atoms with van der Waals surface area (Å²) in [5.41, 5.74) is 6.50. The number of aliphatic hydroxyl groups is 1. The van der Waals surface area contributed by atoms with Crippen molar-refractivity contribution in [3.63, 3.8) is 0 Å². The predicted octanol–water partition coefficient (Wildman–Crippen LogP) is 6.05. The molecule has 1 atom stereocenters. The van der Waals surface area contributed by atoms with Crippen molar-refractivity contribution in [3.8, 4) is 6.07 Å². The maximum absolute atomic E-state index is 13.2. The summed E-state index contributed by atoms with van der Waals surface area (Å²) >= 11 is 0. The Labute approximate surface area is 197 Å². The quantitative estimate of drug-likeness (QED) is 0.290. The van der Waals surface area contributed by atoms with E-state index in [2.05, 4.69) is 13.0 Å². The number of hydrogen-bond donors (Lipinski definition) is 2. The second-order valence-corrected chi connectivity index (χ2v) is 9.67. The maximum Gasteiger partial charge on any atom is 0.228 e. The summed E-state index contributed by atoms with van der Waals surface area (Å²) in [6, 6.07) is 2.10. The summed E-state index contributed by atoms with van der Waals surface area (Å²) in [7, 11) is 0. The average Bonchev–Trinajstić information content (AvgIpc) is 2.83. The van der Waals surface area contributed by atoms with E-state index in [0.29, 0.717) is 6.42 Å². The standard InChI is InChI=1S/C27H38N2O4/c1-2-3-4-5-6-7-8-9-13-16-19-23(30)25(32)22-21(18-14-11-10-12-15-18)20(17-28)27(29)33-26(22)24(19)31/h18,21,30H,2-16,29H2,1H3. The number of nitrogens with two attached hydrogens (primary N) is 1. The fourth-order valence-electron chi connectivity index (χ4n) is 5.49. The lowest BCUT2D eigenvalue weighted by Gasteiger charge is -2.36. The first-order valence-corrected chi connectivity index (χ1v) is 12.8. The summed E-state index contributed by atoms with van der Waals surface area (Å²) in [6.07, 6.45) is 15.5. The van der Waals surface area contributed by atoms with Gasteiger partial charge in [-0.1, -0.05) is 77.6 Å². The molecule has 0 spiro atoms. The van der Waals surface area contributed by atoms with Crippen LogP contribution in [0.2, 0.25) is 0 Å². The number of nitrogens with zero attached hydrogens (tertiary/aromatic N) is 1. The fraction of sp³-hybridized carbons (Fsp3) is 0.667. The second kappa shape index (κ2) is 12.1. The maximum atomic E-state index is 13.2. The van der Waals surface area contributed by atoms with Crippen LogP contribution in [0.1, 0.15) is 103 Å². The number of carbonyl (C=O) groups is 2. The molecule has 33 heavy (non-hydrogen) atoms. The SMILES string of the molecule is CCCCCCCCCCCC1=C(O)C(=O)C2=C(OC(N)=C(C#N)C2C2CCCCC2)C1=O. The first-order chi connectivity index (χ1) is 16.0. The molecule has 0 amide bonds. The van der Waals surface area contributed by atoms with Crippen LogP contribution in [-0.2, 0) is 14.3 Å². The van der Waals surface area contributed by atoms with Gasteiger partial charge >= 0.3 is 0 Å². The van der Waals surface area contributed by atoms with Gasteiger partial charge in [0.15, 0.2) is 11.5 Å². The van der Waals surface area contributed by atoms with Gasteiger partial charge in [-0.3, -0.25) is 9.59 Å². The molecular formula is C27H38N2O4. The molecule has 3 aliphatic rings. The molecule has 2 aliphatic carbocycles. The zero-order valence-electron chi connectivity index (χ0n) is 20.0. The minimum atomic E-state index is -0.577. The summed E-state index contributed by atoms with van der Waals surface area (Å²) in [5, 5.41) is 20.4. The van der Waals surface area contributed by atoms with E-state index < -0.39 is 23.2 Å². The molecule has 3 N–H and O–H groups in total. The molecule has 180 valence electrons. The number of carbonyl (C=O) groups excluding carboxylic acids is 2. The largest absolute Gasteiger partial charge is 0.504 e. The third-order valence-electron chi connectivity index (χ3n) is 7.34. The third-order valence-corrected chi connectivity index (χ3v) is 7.34. The van der Waals surface area contributed by atoms with Crippen LogP contribution < -0.4 is 5.73 Å². The lowest BCUT2D eigenvalue weighted by Crippen LogP contribution is -2.37. The highest BCUT2D eigenvalue weighted by molar-refractivity contribution is 6.24. The van der Waals surface area contributed by atoms with E-state index in [1.54, 1.807) is 0 Å². The van der Waals surface area contributed by atoms with Crippen molar-refractivity contribution in [2.45, 2.75) is 103 Å². The highest BCUT2D eigenvalue weighted by Crippen LogP contribution is 2.45. The lowest BCUT2D eigenvalue weighted by atomic mass is 9.69. The highest BCUT2D eigenvalue weighted by Gasteiger charge is 2.46. The number of ether oxygens (including phenoxy) is 1. The molecule has 1 unspecified atom stereocenters. The monoisotopic (exact) mass is 454 g/mol. The van der Waals surface area contributed by atoms with E-state index in [-0.39, 0.29) is 34.3 Å². The molecule has 1 saturated carbocycles. The highest BCUT2D eigenvalue weighted by atomic mass is 16.5. The molecule has 0 aromatic rings. The molecule has 6 nitrogen and oxygen atoms in total. The minimum Gasteiger partial charge on any atom is -0.504 e. The summed E-state index contributed by atoms with van der Waals surface area (Å²) < 4.78 is 5.57. The zero-order valence-corrected chi connectivity index (χ0v) is 20.0. The summed E-state index contributed by atoms with van der Waals surface area (Å²) in [5.74, 6) is -2.20. The minimum absolute atomic E-state index is 0.0456. The summed E-state index contributed by atoms with van der Waals surface area (Å²) in [4.78, 5) is 26.5. The Morgan fingerprint density at radius 2 is 1.58 bits per heavy atom. The lowest BCUT2D eigenvalue weighted by molar-refractivity contribution is -0.121. The van der Waals surface area contributed by atoms with Crippen LogP contribution in [0.25, 0.3) is 0 Å². The Morgan fingerprint density at radius 3 is 2.18 bits per heavy atom. The molecule has 1 aliphatic heterocycles. The molecular weight excluding hydrogens is 416 g/mol. The Kier molecular flexibility index (Phi) is 9.17. The Hall–Kier alpha value is -2.55. The molecule has 0 aromatic carbocycles. The Balaban J connectivity index is 1.66. The van der Waals surface area contributed by atoms with E-state index in [1.165, 1.54) is 38.5 Å². The molecule has 0 saturated heterocycles. The number of allylic oxidation sites excluding steroid dienone is 3. The fourth-order valence-corrected chi connectivity index (χ4v) is 5.49. The third kappa shape index (κ3) is 5.69. The van der Waals surface area contributed by atoms with E-state index in [9.17, 15) is 20.0 Å². The van der Waals surface area contributed by atoms with Gasteiger partial charge in [0.25, 0.3) is 0 Å². The van der Waals surface area contributed by atoms with Gasteiger partial charge < -0.3 is 15.6 Å². The molecule has 0 bridgehead atoms. The summed E-state index contributed by atoms with van der Waals surface area (Å²) in [6.45, 7) is 2.21. The van der Waals surface area contributed by atoms with Crippen molar-refractivity contribution in [2.75, 3.05) is 0 Å². The van der Waals surface area contributed by atoms with Gasteiger partial charge in [-0.25, -0.2) is 0 Å². The van der Waals surface area contributed by atoms with Crippen molar-refractivity contribution >= 4 is 11.6 Å². The first kappa shape index (κ1) is 25.1. The number of aliphatic hydroxyl groups excluding tert-OH is 1. The van der Waals surface area contributed by atoms with E-state index in [4.69, 9.17) is 10.5 Å². The number of Topliss-reactive ketones (excluding diaryl/α,β-unsaturated/α-hetero) is 2. The average molecular weight is 455 g/mol. The Morgan fingerprint density at radius 1 is 0.970 bits per heavy atom. The van der Waals surface area contributed by atoms with E-state index in [1.807, 2.05) is 0 Å². The molecule has 1 heterocycles. The van der Waals surface area contributed by atoms with Crippen LogP contribution in [0, 0.1) is 23.2 Å². The smallest absolute Gasteiger partial charge is 0.228 e. The molecule has 0 aromatic heterocycles. The van der Waals surface area contributed by atoms with Crippen molar-refractivity contribution in [1.29, 1.82) is 5.26 Å². The van der Waals surface area contributed by atoms with Gasteiger partial charge in [0.05, 0.1) is 11.1 Å².